The topological polar surface area (TPSA) is 97.0 Å². The number of ether oxygens (including phenoxy) is 2. The van der Waals surface area contributed by atoms with Crippen LogP contribution in [0.4, 0.5) is 68.5 Å². The van der Waals surface area contributed by atoms with Gasteiger partial charge in [-0.25, -0.2) is 8.78 Å². The summed E-state index contributed by atoms with van der Waals surface area (Å²) in [6.07, 6.45) is -18.3. The molecule has 0 bridgehead atoms. The van der Waals surface area contributed by atoms with E-state index < -0.39 is 112 Å². The lowest BCUT2D eigenvalue weighted by Gasteiger charge is -2.35. The Labute approximate surface area is 255 Å². The molecule has 2 aromatic carbocycles. The molecule has 2 aromatic rings. The molecule has 22 heteroatoms. The Hall–Kier alpha value is -3.82. The lowest BCUT2D eigenvalue weighted by molar-refractivity contribution is -0.348. The number of nitrogens with one attached hydrogen (secondary N) is 2. The first-order chi connectivity index (χ1) is 21.0. The van der Waals surface area contributed by atoms with E-state index in [0.717, 1.165) is 12.1 Å². The molecule has 3 rings (SSSR count). The number of halogens is 14. The van der Waals surface area contributed by atoms with E-state index in [-0.39, 0.29) is 17.6 Å². The molecule has 1 aliphatic rings. The molecule has 1 unspecified atom stereocenters. The van der Waals surface area contributed by atoms with Crippen molar-refractivity contribution in [2.24, 2.45) is 0 Å². The Morgan fingerprint density at radius 2 is 1.57 bits per heavy atom. The van der Waals surface area contributed by atoms with E-state index in [9.17, 15) is 67.1 Å². The third kappa shape index (κ3) is 7.42. The van der Waals surface area contributed by atoms with Gasteiger partial charge in [0.05, 0.1) is 30.2 Å². The fourth-order valence-electron chi connectivity index (χ4n) is 3.99. The van der Waals surface area contributed by atoms with E-state index in [1.807, 2.05) is 0 Å². The molecule has 46 heavy (non-hydrogen) atoms. The Morgan fingerprint density at radius 1 is 0.957 bits per heavy atom. The molecule has 1 heterocycles. The van der Waals surface area contributed by atoms with Gasteiger partial charge < -0.3 is 25.0 Å². The van der Waals surface area contributed by atoms with Crippen LogP contribution >= 0.6 is 15.9 Å². The van der Waals surface area contributed by atoms with Gasteiger partial charge in [-0.2, -0.15) is 48.3 Å². The predicted octanol–water partition coefficient (Wildman–Crippen LogP) is 6.46. The average Bonchev–Trinajstić information content (AvgIpc) is 2.92. The Bertz CT molecular complexity index is 1480. The van der Waals surface area contributed by atoms with Crippen LogP contribution in [-0.2, 0) is 20.0 Å². The summed E-state index contributed by atoms with van der Waals surface area (Å²) in [6.45, 7) is -6.01. The lowest BCUT2D eigenvalue weighted by atomic mass is 9.93. The molecular formula is C24H15BrF13N3O5. The molecule has 0 aromatic heterocycles. The molecule has 254 valence electrons. The van der Waals surface area contributed by atoms with Crippen LogP contribution in [0.3, 0.4) is 0 Å². The molecule has 1 aliphatic heterocycles. The number of rotatable bonds is 6. The summed E-state index contributed by atoms with van der Waals surface area (Å²) in [6, 6.07) is -0.850. The minimum atomic E-state index is -6.66. The van der Waals surface area contributed by atoms with Crippen LogP contribution in [0.1, 0.15) is 15.9 Å². The van der Waals surface area contributed by atoms with Crippen LogP contribution < -0.4 is 15.4 Å². The van der Waals surface area contributed by atoms with Crippen molar-refractivity contribution in [1.82, 2.24) is 4.90 Å². The zero-order chi connectivity index (χ0) is 35.0. The van der Waals surface area contributed by atoms with Gasteiger partial charge in [0, 0.05) is 16.6 Å². The first-order valence-electron chi connectivity index (χ1n) is 12.0. The number of carbonyl (C=O) groups excluding carboxylic acids is 3. The lowest BCUT2D eigenvalue weighted by Crippen LogP contribution is -2.58. The van der Waals surface area contributed by atoms with Crippen molar-refractivity contribution in [2.75, 3.05) is 30.4 Å². The summed E-state index contributed by atoms with van der Waals surface area (Å²) in [5.74, 6) is -8.54. The van der Waals surface area contributed by atoms with Gasteiger partial charge in [-0.3, -0.25) is 14.4 Å². The van der Waals surface area contributed by atoms with E-state index in [2.05, 4.69) is 25.4 Å². The molecule has 3 amide bonds. The van der Waals surface area contributed by atoms with E-state index in [0.29, 0.717) is 6.07 Å². The quantitative estimate of drug-likeness (QED) is 0.261. The first-order valence-corrected chi connectivity index (χ1v) is 12.8. The number of alkyl halides is 12. The van der Waals surface area contributed by atoms with Gasteiger partial charge in [0.2, 0.25) is 0 Å². The summed E-state index contributed by atoms with van der Waals surface area (Å²) in [7, 11) is 0. The molecule has 0 radical (unpaired) electrons. The minimum Gasteiger partial charge on any atom is -0.433 e. The molecule has 1 atom stereocenters. The highest BCUT2D eigenvalue weighted by Crippen LogP contribution is 2.55. The van der Waals surface area contributed by atoms with Crippen molar-refractivity contribution in [1.29, 1.82) is 0 Å². The number of carbonyl (C=O) groups is 3. The maximum Gasteiger partial charge on any atom is 0.435 e. The van der Waals surface area contributed by atoms with Gasteiger partial charge in [-0.1, -0.05) is 6.07 Å². The summed E-state index contributed by atoms with van der Waals surface area (Å²) in [4.78, 5) is 37.8. The highest BCUT2D eigenvalue weighted by atomic mass is 79.9. The summed E-state index contributed by atoms with van der Waals surface area (Å²) >= 11 is 2.43. The monoisotopic (exact) mass is 751 g/mol. The number of nitrogens with zero attached hydrogens (tertiary/aromatic N) is 1. The van der Waals surface area contributed by atoms with Crippen LogP contribution in [0.5, 0.6) is 5.75 Å². The molecule has 8 nitrogen and oxygen atoms in total. The number of hydrogen-bond donors (Lipinski definition) is 2. The molecule has 1 fully saturated rings. The van der Waals surface area contributed by atoms with Gasteiger partial charge in [0.25, 0.3) is 5.91 Å². The normalized spacial score (nSPS) is 16.3. The van der Waals surface area contributed by atoms with Gasteiger partial charge in [0.15, 0.2) is 17.6 Å². The Balaban J connectivity index is 1.95. The minimum absolute atomic E-state index is 0.114. The van der Waals surface area contributed by atoms with Crippen LogP contribution in [-0.4, -0.2) is 73.6 Å². The Kier molecular flexibility index (Phi) is 10.5. The molecule has 1 saturated heterocycles. The van der Waals surface area contributed by atoms with Crippen molar-refractivity contribution in [2.45, 2.75) is 36.9 Å². The van der Waals surface area contributed by atoms with Gasteiger partial charge >= 0.3 is 42.6 Å². The van der Waals surface area contributed by atoms with Gasteiger partial charge in [0.1, 0.15) is 0 Å². The standard InChI is InChI=1S/C24H15BrF13N3O5/c25-11-6-9(21(29,23(33,34)35)24(36,37)38)7-13(46-20(27)28)16(11)40-17(42)10-2-1-3-12(15(10)26)39-18(43)19(44)41-4-5-45-8-14(41)22(30,31)32/h1-3,6-7,14,20H,4-5,8H2,(H,39,43)(H,40,42). The second-order valence-electron chi connectivity index (χ2n) is 9.07. The maximum absolute atomic E-state index is 15.2. The zero-order valence-corrected chi connectivity index (χ0v) is 23.5. The van der Waals surface area contributed by atoms with Crippen LogP contribution in [0.2, 0.25) is 0 Å². The van der Waals surface area contributed by atoms with Crippen LogP contribution in [0.15, 0.2) is 34.8 Å². The molecule has 0 saturated carbocycles. The number of morpholine rings is 1. The summed E-state index contributed by atoms with van der Waals surface area (Å²) in [5, 5.41) is 3.34. The highest BCUT2D eigenvalue weighted by molar-refractivity contribution is 9.10. The second kappa shape index (κ2) is 13.1. The summed E-state index contributed by atoms with van der Waals surface area (Å²) in [5.41, 5.74) is -11.6. The molecule has 2 N–H and O–H groups in total. The van der Waals surface area contributed by atoms with Crippen LogP contribution in [0.25, 0.3) is 0 Å². The highest BCUT2D eigenvalue weighted by Gasteiger charge is 2.73. The van der Waals surface area contributed by atoms with Crippen molar-refractivity contribution in [3.8, 4) is 5.75 Å². The molecular weight excluding hydrogens is 737 g/mol. The number of benzene rings is 2. The second-order valence-corrected chi connectivity index (χ2v) is 9.92. The number of hydrogen-bond acceptors (Lipinski definition) is 5. The van der Waals surface area contributed by atoms with Gasteiger partial charge in [-0.15, -0.1) is 0 Å². The average molecular weight is 752 g/mol. The zero-order valence-electron chi connectivity index (χ0n) is 21.9. The third-order valence-electron chi connectivity index (χ3n) is 6.14. The molecule has 0 spiro atoms. The maximum atomic E-state index is 15.2. The first kappa shape index (κ1) is 36.6. The van der Waals surface area contributed by atoms with E-state index in [1.165, 1.54) is 0 Å². The van der Waals surface area contributed by atoms with Crippen LogP contribution in [0, 0.1) is 5.82 Å². The number of anilines is 2. The van der Waals surface area contributed by atoms with Crippen molar-refractivity contribution >= 4 is 45.0 Å². The van der Waals surface area contributed by atoms with Crippen molar-refractivity contribution in [3.05, 3.63) is 51.7 Å². The predicted molar refractivity (Wildman–Crippen MR) is 131 cm³/mol. The summed E-state index contributed by atoms with van der Waals surface area (Å²) < 4.78 is 182. The Morgan fingerprint density at radius 3 is 2.11 bits per heavy atom. The van der Waals surface area contributed by atoms with E-state index in [4.69, 9.17) is 0 Å². The third-order valence-corrected chi connectivity index (χ3v) is 6.77. The number of amides is 3. The smallest absolute Gasteiger partial charge is 0.433 e. The fourth-order valence-corrected chi connectivity index (χ4v) is 4.53. The largest absolute Gasteiger partial charge is 0.435 e. The fraction of sp³-hybridized carbons (Fsp3) is 0.375. The SMILES string of the molecule is O=C(Nc1cccc(C(=O)Nc2c(Br)cc(C(F)(C(F)(F)F)C(F)(F)F)cc2OC(F)F)c1F)C(=O)N1CCOCC1C(F)(F)F. The van der Waals surface area contributed by atoms with E-state index in [1.54, 1.807) is 10.6 Å². The van der Waals surface area contributed by atoms with Crippen molar-refractivity contribution in [3.63, 3.8) is 0 Å². The van der Waals surface area contributed by atoms with Gasteiger partial charge in [-0.05, 0) is 40.2 Å². The molecule has 0 aliphatic carbocycles. The van der Waals surface area contributed by atoms with E-state index >= 15 is 4.39 Å². The van der Waals surface area contributed by atoms with Crippen molar-refractivity contribution < 1.29 is 80.9 Å².